The van der Waals surface area contributed by atoms with E-state index in [-0.39, 0.29) is 12.5 Å². The summed E-state index contributed by atoms with van der Waals surface area (Å²) >= 11 is 0. The van der Waals surface area contributed by atoms with Gasteiger partial charge >= 0.3 is 7.12 Å². The second kappa shape index (κ2) is 11.1. The van der Waals surface area contributed by atoms with Gasteiger partial charge in [0.2, 0.25) is 11.8 Å². The smallest absolute Gasteiger partial charge is 0.410 e. The van der Waals surface area contributed by atoms with Gasteiger partial charge in [0.05, 0.1) is 18.2 Å². The summed E-state index contributed by atoms with van der Waals surface area (Å²) in [6.45, 7) is 3.85. The van der Waals surface area contributed by atoms with Crippen LogP contribution in [-0.4, -0.2) is 51.0 Å². The average Bonchev–Trinajstić information content (AvgIpc) is 3.59. The lowest BCUT2D eigenvalue weighted by Crippen LogP contribution is -2.31. The quantitative estimate of drug-likeness (QED) is 0.229. The molecule has 1 aliphatic rings. The van der Waals surface area contributed by atoms with Gasteiger partial charge in [0.15, 0.2) is 0 Å². The van der Waals surface area contributed by atoms with Crippen LogP contribution in [0.1, 0.15) is 31.0 Å². The van der Waals surface area contributed by atoms with Crippen LogP contribution in [0.5, 0.6) is 0 Å². The van der Waals surface area contributed by atoms with Crippen molar-refractivity contribution in [1.82, 2.24) is 25.1 Å². The van der Waals surface area contributed by atoms with Gasteiger partial charge in [0, 0.05) is 37.0 Å². The molecular formula is C29H28BN7O4. The molecule has 2 aromatic carbocycles. The number of pyridine rings is 1. The van der Waals surface area contributed by atoms with Crippen molar-refractivity contribution in [3.63, 3.8) is 0 Å². The van der Waals surface area contributed by atoms with Crippen molar-refractivity contribution in [1.29, 1.82) is 0 Å². The fourth-order valence-corrected chi connectivity index (χ4v) is 4.80. The summed E-state index contributed by atoms with van der Waals surface area (Å²) in [5, 5.41) is 21.0. The van der Waals surface area contributed by atoms with Crippen LogP contribution in [0.2, 0.25) is 0 Å². The molecule has 11 nitrogen and oxygen atoms in total. The molecule has 6 rings (SSSR count). The van der Waals surface area contributed by atoms with Gasteiger partial charge in [0.25, 0.3) is 5.89 Å². The van der Waals surface area contributed by atoms with Crippen molar-refractivity contribution in [2.24, 2.45) is 0 Å². The molecule has 0 spiro atoms. The number of hydrogen-bond acceptors (Lipinski definition) is 11. The van der Waals surface area contributed by atoms with Crippen molar-refractivity contribution in [3.05, 3.63) is 90.4 Å². The Labute approximate surface area is 237 Å². The molecule has 0 saturated carbocycles. The summed E-state index contributed by atoms with van der Waals surface area (Å²) < 4.78 is 17.2. The van der Waals surface area contributed by atoms with E-state index < -0.39 is 18.8 Å². The Morgan fingerprint density at radius 2 is 1.85 bits per heavy atom. The lowest BCUT2D eigenvalue weighted by molar-refractivity contribution is 0.0930. The first-order chi connectivity index (χ1) is 19.9. The first-order valence-corrected chi connectivity index (χ1v) is 13.1. The lowest BCUT2D eigenvalue weighted by atomic mass is 9.77. The predicted molar refractivity (Wildman–Crippen MR) is 155 cm³/mol. The molecule has 0 amide bonds. The zero-order valence-corrected chi connectivity index (χ0v) is 22.8. The minimum atomic E-state index is -0.514. The molecule has 1 atom stereocenters. The highest BCUT2D eigenvalue weighted by Crippen LogP contribution is 2.34. The molecule has 0 saturated heterocycles. The standard InChI is InChI=1S/C29H28BN7O4/c1-29(2)22-15-20(9-10-23(22)30(39-3)41-29)33-28-32-16-21(27-35-25(37-40-27)19-11-13-31-14-12-19)26(36-28)34-24(17-38)18-7-5-4-6-8-18/h4-16,24,38H,17H2,1-3H3,(H2,32,33,34,36)/t24-/m1/s1. The van der Waals surface area contributed by atoms with Gasteiger partial charge in [-0.2, -0.15) is 9.97 Å². The summed E-state index contributed by atoms with van der Waals surface area (Å²) in [4.78, 5) is 17.9. The molecule has 3 N–H and O–H groups in total. The van der Waals surface area contributed by atoms with Gasteiger partial charge in [-0.15, -0.1) is 0 Å². The molecule has 41 heavy (non-hydrogen) atoms. The fourth-order valence-electron chi connectivity index (χ4n) is 4.80. The molecule has 4 heterocycles. The third kappa shape index (κ3) is 5.40. The summed E-state index contributed by atoms with van der Waals surface area (Å²) in [6.07, 6.45) is 4.94. The topological polar surface area (TPSA) is 140 Å². The van der Waals surface area contributed by atoms with Gasteiger partial charge in [-0.25, -0.2) is 4.98 Å². The maximum Gasteiger partial charge on any atom is 0.494 e. The molecule has 0 radical (unpaired) electrons. The predicted octanol–water partition coefficient (Wildman–Crippen LogP) is 4.08. The van der Waals surface area contributed by atoms with Crippen molar-refractivity contribution in [3.8, 4) is 22.8 Å². The van der Waals surface area contributed by atoms with Gasteiger partial charge in [-0.3, -0.25) is 4.98 Å². The maximum absolute atomic E-state index is 10.2. The van der Waals surface area contributed by atoms with Gasteiger partial charge in [0.1, 0.15) is 11.4 Å². The molecular weight excluding hydrogens is 521 g/mol. The second-order valence-electron chi connectivity index (χ2n) is 10.0. The molecule has 0 bridgehead atoms. The van der Waals surface area contributed by atoms with Crippen LogP contribution in [0.25, 0.3) is 22.8 Å². The van der Waals surface area contributed by atoms with Crippen molar-refractivity contribution in [2.45, 2.75) is 25.5 Å². The van der Waals surface area contributed by atoms with E-state index in [0.29, 0.717) is 23.2 Å². The second-order valence-corrected chi connectivity index (χ2v) is 10.0. The fraction of sp³-hybridized carbons (Fsp3) is 0.207. The van der Waals surface area contributed by atoms with E-state index in [9.17, 15) is 5.11 Å². The van der Waals surface area contributed by atoms with Gasteiger partial charge < -0.3 is 29.6 Å². The highest BCUT2D eigenvalue weighted by atomic mass is 16.6. The largest absolute Gasteiger partial charge is 0.494 e. The number of fused-ring (bicyclic) bond motifs is 1. The lowest BCUT2D eigenvalue weighted by Gasteiger charge is -2.21. The summed E-state index contributed by atoms with van der Waals surface area (Å²) in [5.41, 5.74) is 4.42. The summed E-state index contributed by atoms with van der Waals surface area (Å²) in [5.74, 6) is 1.40. The average molecular weight is 549 g/mol. The van der Waals surface area contributed by atoms with Crippen molar-refractivity contribution >= 4 is 30.0 Å². The number of rotatable bonds is 9. The van der Waals surface area contributed by atoms with Crippen molar-refractivity contribution in [2.75, 3.05) is 24.4 Å². The summed E-state index contributed by atoms with van der Waals surface area (Å²) in [6, 6.07) is 18.7. The molecule has 0 aliphatic carbocycles. The van der Waals surface area contributed by atoms with Crippen molar-refractivity contribution < 1.29 is 18.9 Å². The molecule has 206 valence electrons. The van der Waals surface area contributed by atoms with Crippen LogP contribution in [0.3, 0.4) is 0 Å². The van der Waals surface area contributed by atoms with E-state index in [1.807, 2.05) is 62.4 Å². The third-order valence-electron chi connectivity index (χ3n) is 6.91. The van der Waals surface area contributed by atoms with Gasteiger partial charge in [-0.1, -0.05) is 41.6 Å². The Kier molecular flexibility index (Phi) is 7.18. The van der Waals surface area contributed by atoms with Crippen LogP contribution in [0.15, 0.2) is 83.8 Å². The Hall–Kier alpha value is -4.65. The van der Waals surface area contributed by atoms with E-state index in [4.69, 9.17) is 18.8 Å². The molecule has 12 heteroatoms. The number of aliphatic hydroxyl groups excluding tert-OH is 1. The van der Waals surface area contributed by atoms with E-state index in [0.717, 1.165) is 27.8 Å². The van der Waals surface area contributed by atoms with Crippen LogP contribution in [0.4, 0.5) is 17.5 Å². The Morgan fingerprint density at radius 1 is 1.05 bits per heavy atom. The number of aliphatic hydroxyl groups is 1. The zero-order valence-electron chi connectivity index (χ0n) is 22.8. The van der Waals surface area contributed by atoms with Crippen LogP contribution in [0, 0.1) is 0 Å². The SMILES string of the molecule is COB1OC(C)(C)c2cc(Nc3ncc(-c4nc(-c5ccncc5)no4)c(N[C@H](CO)c4ccccc4)n3)ccc21. The zero-order chi connectivity index (χ0) is 28.4. The normalized spacial score (nSPS) is 14.5. The number of nitrogens with one attached hydrogen (secondary N) is 2. The number of nitrogens with zero attached hydrogens (tertiary/aromatic N) is 5. The molecule has 5 aromatic rings. The van der Waals surface area contributed by atoms with E-state index >= 15 is 0 Å². The first kappa shape index (κ1) is 26.6. The first-order valence-electron chi connectivity index (χ1n) is 13.1. The Morgan fingerprint density at radius 3 is 2.61 bits per heavy atom. The van der Waals surface area contributed by atoms with Crippen LogP contribution < -0.4 is 16.1 Å². The number of anilines is 3. The van der Waals surface area contributed by atoms with Crippen LogP contribution >= 0.6 is 0 Å². The monoisotopic (exact) mass is 549 g/mol. The summed E-state index contributed by atoms with van der Waals surface area (Å²) in [7, 11) is 1.21. The Bertz CT molecular complexity index is 1650. The minimum absolute atomic E-state index is 0.164. The number of benzene rings is 2. The number of aromatic nitrogens is 5. The van der Waals surface area contributed by atoms with E-state index in [2.05, 4.69) is 30.7 Å². The highest BCUT2D eigenvalue weighted by Gasteiger charge is 2.42. The molecule has 0 unspecified atom stereocenters. The van der Waals surface area contributed by atoms with Crippen LogP contribution in [-0.2, 0) is 14.9 Å². The Balaban J connectivity index is 1.35. The minimum Gasteiger partial charge on any atom is -0.410 e. The van der Waals surface area contributed by atoms with Gasteiger partial charge in [-0.05, 0) is 54.7 Å². The van der Waals surface area contributed by atoms with E-state index in [1.165, 1.54) is 0 Å². The number of hydrogen-bond donors (Lipinski definition) is 3. The maximum atomic E-state index is 10.2. The molecule has 0 fully saturated rings. The van der Waals surface area contributed by atoms with E-state index in [1.54, 1.807) is 37.8 Å². The highest BCUT2D eigenvalue weighted by molar-refractivity contribution is 6.63. The molecule has 3 aromatic heterocycles. The third-order valence-corrected chi connectivity index (χ3v) is 6.91. The molecule has 1 aliphatic heterocycles.